The summed E-state index contributed by atoms with van der Waals surface area (Å²) in [7, 11) is 3.28. The molecule has 0 saturated carbocycles. The van der Waals surface area contributed by atoms with E-state index in [1.54, 1.807) is 56.6 Å². The molecule has 0 aliphatic rings. The molecule has 0 aliphatic carbocycles. The second kappa shape index (κ2) is 7.97. The van der Waals surface area contributed by atoms with E-state index in [9.17, 15) is 4.79 Å². The zero-order chi connectivity index (χ0) is 17.7. The van der Waals surface area contributed by atoms with Crippen LogP contribution in [0.1, 0.15) is 15.9 Å². The minimum absolute atomic E-state index is 0.154. The lowest BCUT2D eigenvalue weighted by Crippen LogP contribution is -2.38. The Labute approximate surface area is 146 Å². The summed E-state index contributed by atoms with van der Waals surface area (Å²) < 4.78 is 5.23. The number of benzene rings is 2. The highest BCUT2D eigenvalue weighted by Crippen LogP contribution is 2.26. The van der Waals surface area contributed by atoms with Crippen molar-refractivity contribution in [3.05, 3.63) is 70.9 Å². The van der Waals surface area contributed by atoms with E-state index in [2.05, 4.69) is 17.2 Å². The molecule has 2 rings (SSSR count). The maximum atomic E-state index is 12.9. The molecule has 0 spiro atoms. The Morgan fingerprint density at radius 2 is 1.92 bits per heavy atom. The van der Waals surface area contributed by atoms with E-state index in [0.29, 0.717) is 33.3 Å². The quantitative estimate of drug-likeness (QED) is 0.531. The van der Waals surface area contributed by atoms with Crippen LogP contribution in [0.2, 0.25) is 5.02 Å². The fourth-order valence-corrected chi connectivity index (χ4v) is 2.25. The van der Waals surface area contributed by atoms with Gasteiger partial charge in [0.15, 0.2) is 5.78 Å². The summed E-state index contributed by atoms with van der Waals surface area (Å²) >= 11 is 5.88. The number of hydrogen-bond acceptors (Lipinski definition) is 5. The second-order valence-electron chi connectivity index (χ2n) is 5.16. The average Bonchev–Trinajstić information content (AvgIpc) is 2.61. The van der Waals surface area contributed by atoms with E-state index >= 15 is 0 Å². The van der Waals surface area contributed by atoms with Gasteiger partial charge in [0.1, 0.15) is 5.75 Å². The first kappa shape index (κ1) is 18.0. The van der Waals surface area contributed by atoms with Crippen molar-refractivity contribution in [1.82, 2.24) is 5.32 Å². The number of anilines is 1. The van der Waals surface area contributed by atoms with Crippen LogP contribution in [0.5, 0.6) is 5.75 Å². The monoisotopic (exact) mass is 345 g/mol. The molecule has 2 aromatic carbocycles. The molecule has 0 amide bonds. The molecule has 0 saturated heterocycles. The number of methoxy groups -OCH3 is 1. The molecule has 0 heterocycles. The van der Waals surface area contributed by atoms with Gasteiger partial charge in [-0.05, 0) is 49.5 Å². The van der Waals surface area contributed by atoms with Gasteiger partial charge in [0.25, 0.3) is 0 Å². The second-order valence-corrected chi connectivity index (χ2v) is 5.60. The molecule has 24 heavy (non-hydrogen) atoms. The Kier molecular flexibility index (Phi) is 5.98. The van der Waals surface area contributed by atoms with Gasteiger partial charge in [-0.15, -0.1) is 0 Å². The molecule has 0 aromatic heterocycles. The number of nitrogens with one attached hydrogen (secondary N) is 2. The Hall–Kier alpha value is -2.34. The topological polar surface area (TPSA) is 76.4 Å². The number of rotatable bonds is 7. The van der Waals surface area contributed by atoms with Gasteiger partial charge >= 0.3 is 0 Å². The van der Waals surface area contributed by atoms with Crippen molar-refractivity contribution >= 4 is 23.1 Å². The maximum absolute atomic E-state index is 12.9. The van der Waals surface area contributed by atoms with Gasteiger partial charge in [0.2, 0.25) is 0 Å². The average molecular weight is 346 g/mol. The van der Waals surface area contributed by atoms with Crippen molar-refractivity contribution in [3.63, 3.8) is 0 Å². The molecule has 1 unspecified atom stereocenters. The minimum Gasteiger partial charge on any atom is -0.497 e. The molecule has 1 atom stereocenters. The van der Waals surface area contributed by atoms with Crippen LogP contribution in [0.3, 0.4) is 0 Å². The van der Waals surface area contributed by atoms with E-state index in [-0.39, 0.29) is 5.78 Å². The van der Waals surface area contributed by atoms with Crippen LogP contribution in [0.15, 0.2) is 54.7 Å². The molecular weight excluding hydrogens is 326 g/mol. The van der Waals surface area contributed by atoms with Gasteiger partial charge in [0, 0.05) is 27.5 Å². The van der Waals surface area contributed by atoms with Crippen LogP contribution in [0, 0.1) is 0 Å². The first-order chi connectivity index (χ1) is 11.5. The molecule has 0 radical (unpaired) electrons. The Bertz CT molecular complexity index is 744. The number of likely N-dealkylation sites (N-methyl/N-ethyl adjacent to an activating group) is 1. The standard InChI is InChI=1S/C18H20ClN3O2/c1-11(18(20)21-2)22-16-9-8-14(24-3)10-15(16)17(23)12-4-6-13(19)7-5-12/h4-10,18,21-22H,1,20H2,2-3H3. The lowest BCUT2D eigenvalue weighted by molar-refractivity contribution is 0.103. The smallest absolute Gasteiger partial charge is 0.195 e. The van der Waals surface area contributed by atoms with E-state index in [1.807, 2.05) is 0 Å². The van der Waals surface area contributed by atoms with E-state index in [4.69, 9.17) is 22.1 Å². The molecule has 0 fully saturated rings. The van der Waals surface area contributed by atoms with Gasteiger partial charge in [-0.2, -0.15) is 0 Å². The molecule has 126 valence electrons. The summed E-state index contributed by atoms with van der Waals surface area (Å²) in [4.78, 5) is 12.9. The third-order valence-corrected chi connectivity index (χ3v) is 3.81. The number of carbonyl (C=O) groups is 1. The predicted molar refractivity (Wildman–Crippen MR) is 97.7 cm³/mol. The van der Waals surface area contributed by atoms with Crippen LogP contribution in [0.4, 0.5) is 5.69 Å². The number of nitrogens with two attached hydrogens (primary N) is 1. The molecular formula is C18H20ClN3O2. The third-order valence-electron chi connectivity index (χ3n) is 3.56. The third kappa shape index (κ3) is 4.14. The van der Waals surface area contributed by atoms with Crippen molar-refractivity contribution in [1.29, 1.82) is 0 Å². The molecule has 2 aromatic rings. The van der Waals surface area contributed by atoms with Crippen LogP contribution in [0.25, 0.3) is 0 Å². The van der Waals surface area contributed by atoms with Crippen molar-refractivity contribution in [3.8, 4) is 5.75 Å². The highest BCUT2D eigenvalue weighted by Gasteiger charge is 2.16. The summed E-state index contributed by atoms with van der Waals surface area (Å²) in [6, 6.07) is 11.9. The number of halogens is 1. The minimum atomic E-state index is -0.439. The van der Waals surface area contributed by atoms with Gasteiger partial charge < -0.3 is 21.1 Å². The highest BCUT2D eigenvalue weighted by atomic mass is 35.5. The maximum Gasteiger partial charge on any atom is 0.195 e. The first-order valence-corrected chi connectivity index (χ1v) is 7.71. The molecule has 5 nitrogen and oxygen atoms in total. The fourth-order valence-electron chi connectivity index (χ4n) is 2.13. The Morgan fingerprint density at radius 3 is 2.50 bits per heavy atom. The van der Waals surface area contributed by atoms with E-state index in [0.717, 1.165) is 0 Å². The molecule has 6 heteroatoms. The van der Waals surface area contributed by atoms with E-state index in [1.165, 1.54) is 0 Å². The molecule has 0 aliphatic heterocycles. The number of carbonyl (C=O) groups excluding carboxylic acids is 1. The number of hydrogen-bond donors (Lipinski definition) is 3. The fraction of sp³-hybridized carbons (Fsp3) is 0.167. The summed E-state index contributed by atoms with van der Waals surface area (Å²) in [5, 5.41) is 6.55. The summed E-state index contributed by atoms with van der Waals surface area (Å²) in [5.74, 6) is 0.431. The Balaban J connectivity index is 2.40. The summed E-state index contributed by atoms with van der Waals surface area (Å²) in [5.41, 5.74) is 8.02. The zero-order valence-corrected chi connectivity index (χ0v) is 14.4. The Morgan fingerprint density at radius 1 is 1.25 bits per heavy atom. The lowest BCUT2D eigenvalue weighted by Gasteiger charge is -2.18. The van der Waals surface area contributed by atoms with Gasteiger partial charge in [-0.25, -0.2) is 0 Å². The van der Waals surface area contributed by atoms with Crippen LogP contribution >= 0.6 is 11.6 Å². The number of ketones is 1. The van der Waals surface area contributed by atoms with Gasteiger partial charge in [-0.3, -0.25) is 4.79 Å². The lowest BCUT2D eigenvalue weighted by atomic mass is 10.0. The largest absolute Gasteiger partial charge is 0.497 e. The van der Waals surface area contributed by atoms with Crippen LogP contribution in [-0.4, -0.2) is 26.1 Å². The molecule has 4 N–H and O–H groups in total. The van der Waals surface area contributed by atoms with Crippen LogP contribution in [-0.2, 0) is 0 Å². The normalized spacial score (nSPS) is 11.7. The SMILES string of the molecule is C=C(Nc1ccc(OC)cc1C(=O)c1ccc(Cl)cc1)C(N)NC. The van der Waals surface area contributed by atoms with Crippen LogP contribution < -0.4 is 21.1 Å². The van der Waals surface area contributed by atoms with Crippen molar-refractivity contribution in [2.45, 2.75) is 6.17 Å². The van der Waals surface area contributed by atoms with E-state index < -0.39 is 6.17 Å². The van der Waals surface area contributed by atoms with Crippen molar-refractivity contribution < 1.29 is 9.53 Å². The number of ether oxygens (including phenoxy) is 1. The predicted octanol–water partition coefficient (Wildman–Crippen LogP) is 3.01. The van der Waals surface area contributed by atoms with Gasteiger partial charge in [-0.1, -0.05) is 18.2 Å². The zero-order valence-electron chi connectivity index (χ0n) is 13.6. The summed E-state index contributed by atoms with van der Waals surface area (Å²) in [6.45, 7) is 3.89. The first-order valence-electron chi connectivity index (χ1n) is 7.33. The molecule has 0 bridgehead atoms. The van der Waals surface area contributed by atoms with Crippen molar-refractivity contribution in [2.75, 3.05) is 19.5 Å². The highest BCUT2D eigenvalue weighted by molar-refractivity contribution is 6.30. The van der Waals surface area contributed by atoms with Gasteiger partial charge in [0.05, 0.1) is 13.3 Å². The van der Waals surface area contributed by atoms with Crippen molar-refractivity contribution in [2.24, 2.45) is 5.73 Å². The summed E-state index contributed by atoms with van der Waals surface area (Å²) in [6.07, 6.45) is -0.439.